The number of rotatable bonds is 5. The zero-order chi connectivity index (χ0) is 20.4. The Kier molecular flexibility index (Phi) is 5.61. The van der Waals surface area contributed by atoms with Gasteiger partial charge >= 0.3 is 6.18 Å². The van der Waals surface area contributed by atoms with E-state index < -0.39 is 11.7 Å². The Bertz CT molecular complexity index is 989. The lowest BCUT2D eigenvalue weighted by atomic mass is 10.1. The molecule has 0 N–H and O–H groups in total. The Morgan fingerprint density at radius 1 is 0.966 bits per heavy atom. The molecule has 4 rings (SSSR count). The van der Waals surface area contributed by atoms with Crippen LogP contribution in [-0.4, -0.2) is 43.4 Å². The maximum absolute atomic E-state index is 12.7. The van der Waals surface area contributed by atoms with E-state index >= 15 is 0 Å². The number of anilines is 1. The fourth-order valence-corrected chi connectivity index (χ4v) is 4.64. The Balaban J connectivity index is 1.29. The van der Waals surface area contributed by atoms with Crippen LogP contribution in [0.4, 0.5) is 18.9 Å². The summed E-state index contributed by atoms with van der Waals surface area (Å²) in [5.74, 6) is 0.160. The van der Waals surface area contributed by atoms with E-state index in [1.165, 1.54) is 12.1 Å². The molecular weight excluding hydrogens is 397 g/mol. The largest absolute Gasteiger partial charge is 0.416 e. The van der Waals surface area contributed by atoms with Gasteiger partial charge in [0.05, 0.1) is 5.56 Å². The molecule has 1 fully saturated rings. The van der Waals surface area contributed by atoms with Crippen LogP contribution in [0.5, 0.6) is 0 Å². The number of ketones is 1. The second-order valence-electron chi connectivity index (χ2n) is 7.19. The van der Waals surface area contributed by atoms with Gasteiger partial charge < -0.3 is 4.90 Å². The zero-order valence-electron chi connectivity index (χ0n) is 15.8. The van der Waals surface area contributed by atoms with Crippen LogP contribution < -0.4 is 4.90 Å². The molecular formula is C22H21F3N2OS. The lowest BCUT2D eigenvalue weighted by molar-refractivity contribution is -0.137. The van der Waals surface area contributed by atoms with Gasteiger partial charge in [-0.1, -0.05) is 18.2 Å². The fourth-order valence-electron chi connectivity index (χ4n) is 3.68. The topological polar surface area (TPSA) is 23.6 Å². The average molecular weight is 418 g/mol. The van der Waals surface area contributed by atoms with Gasteiger partial charge in [0, 0.05) is 65.9 Å². The van der Waals surface area contributed by atoms with Crippen LogP contribution in [-0.2, 0) is 6.18 Å². The summed E-state index contributed by atoms with van der Waals surface area (Å²) in [6, 6.07) is 13.3. The van der Waals surface area contributed by atoms with Gasteiger partial charge in [0.2, 0.25) is 0 Å². The first-order chi connectivity index (χ1) is 13.9. The first-order valence-corrected chi connectivity index (χ1v) is 10.4. The third-order valence-electron chi connectivity index (χ3n) is 5.37. The number of nitrogens with zero attached hydrogens (tertiary/aromatic N) is 2. The lowest BCUT2D eigenvalue weighted by Crippen LogP contribution is -2.46. The van der Waals surface area contributed by atoms with Gasteiger partial charge in [0.25, 0.3) is 0 Å². The van der Waals surface area contributed by atoms with Crippen LogP contribution in [0, 0.1) is 0 Å². The highest BCUT2D eigenvalue weighted by Crippen LogP contribution is 2.31. The molecule has 1 aromatic heterocycles. The second-order valence-corrected chi connectivity index (χ2v) is 8.10. The van der Waals surface area contributed by atoms with Crippen molar-refractivity contribution in [1.82, 2.24) is 4.90 Å². The van der Waals surface area contributed by atoms with Crippen molar-refractivity contribution in [3.8, 4) is 0 Å². The molecule has 29 heavy (non-hydrogen) atoms. The number of thiophene rings is 1. The molecule has 1 saturated heterocycles. The van der Waals surface area contributed by atoms with Crippen molar-refractivity contribution in [3.05, 3.63) is 65.0 Å². The second kappa shape index (κ2) is 8.16. The molecule has 2 heterocycles. The highest BCUT2D eigenvalue weighted by atomic mass is 32.1. The number of Topliss-reactive ketones (excluding diaryl/α,β-unsaturated/α-hetero) is 1. The Morgan fingerprint density at radius 2 is 1.66 bits per heavy atom. The van der Waals surface area contributed by atoms with E-state index in [1.54, 1.807) is 11.3 Å². The van der Waals surface area contributed by atoms with Crippen molar-refractivity contribution in [2.24, 2.45) is 0 Å². The maximum Gasteiger partial charge on any atom is 0.416 e. The number of benzene rings is 2. The highest BCUT2D eigenvalue weighted by molar-refractivity contribution is 7.17. The summed E-state index contributed by atoms with van der Waals surface area (Å²) >= 11 is 1.59. The number of carbonyl (C=O) groups excluding carboxylic acids is 1. The van der Waals surface area contributed by atoms with E-state index in [0.29, 0.717) is 13.0 Å². The van der Waals surface area contributed by atoms with Crippen molar-refractivity contribution in [2.45, 2.75) is 12.6 Å². The van der Waals surface area contributed by atoms with Gasteiger partial charge in [-0.15, -0.1) is 11.3 Å². The van der Waals surface area contributed by atoms with Gasteiger partial charge in [-0.2, -0.15) is 13.2 Å². The number of piperazine rings is 1. The van der Waals surface area contributed by atoms with Crippen molar-refractivity contribution < 1.29 is 18.0 Å². The predicted octanol–water partition coefficient (Wildman–Crippen LogP) is 5.32. The first-order valence-electron chi connectivity index (χ1n) is 9.56. The first kappa shape index (κ1) is 19.9. The van der Waals surface area contributed by atoms with Gasteiger partial charge in [-0.3, -0.25) is 9.69 Å². The fraction of sp³-hybridized carbons (Fsp3) is 0.318. The van der Waals surface area contributed by atoms with Crippen molar-refractivity contribution in [2.75, 3.05) is 37.6 Å². The van der Waals surface area contributed by atoms with Gasteiger partial charge in [0.1, 0.15) is 0 Å². The van der Waals surface area contributed by atoms with Crippen LogP contribution >= 0.6 is 11.3 Å². The monoisotopic (exact) mass is 418 g/mol. The Morgan fingerprint density at radius 3 is 2.34 bits per heavy atom. The lowest BCUT2D eigenvalue weighted by Gasteiger charge is -2.36. The molecule has 0 aliphatic carbocycles. The minimum absolute atomic E-state index is 0.160. The minimum atomic E-state index is -4.31. The SMILES string of the molecule is O=C(CCN1CCN(c2ccc(C(F)(F)F)cc2)CC1)c1csc2ccccc12. The molecule has 0 amide bonds. The van der Waals surface area contributed by atoms with Crippen molar-refractivity contribution in [1.29, 1.82) is 0 Å². The summed E-state index contributed by atoms with van der Waals surface area (Å²) in [6.45, 7) is 3.75. The van der Waals surface area contributed by atoms with Crippen LogP contribution in [0.3, 0.4) is 0 Å². The van der Waals surface area contributed by atoms with E-state index in [0.717, 1.165) is 59.6 Å². The molecule has 3 nitrogen and oxygen atoms in total. The number of alkyl halides is 3. The number of carbonyl (C=O) groups is 1. The standard InChI is InChI=1S/C22H21F3N2OS/c23-22(24,25)16-5-7-17(8-6-16)27-13-11-26(12-14-27)10-9-20(28)19-15-29-21-4-2-1-3-18(19)21/h1-8,15H,9-14H2. The van der Waals surface area contributed by atoms with E-state index in [9.17, 15) is 18.0 Å². The zero-order valence-corrected chi connectivity index (χ0v) is 16.6. The van der Waals surface area contributed by atoms with Gasteiger partial charge in [-0.25, -0.2) is 0 Å². The van der Waals surface area contributed by atoms with E-state index in [2.05, 4.69) is 9.80 Å². The molecule has 0 unspecified atom stereocenters. The highest BCUT2D eigenvalue weighted by Gasteiger charge is 2.30. The molecule has 3 aromatic rings. The third kappa shape index (κ3) is 4.46. The van der Waals surface area contributed by atoms with Crippen molar-refractivity contribution in [3.63, 3.8) is 0 Å². The molecule has 1 aliphatic rings. The molecule has 0 atom stereocenters. The number of hydrogen-bond acceptors (Lipinski definition) is 4. The molecule has 0 saturated carbocycles. The molecule has 0 radical (unpaired) electrons. The molecule has 1 aliphatic heterocycles. The number of halogens is 3. The molecule has 0 bridgehead atoms. The van der Waals surface area contributed by atoms with Crippen LogP contribution in [0.15, 0.2) is 53.9 Å². The molecule has 7 heteroatoms. The minimum Gasteiger partial charge on any atom is -0.369 e. The quantitative estimate of drug-likeness (QED) is 0.525. The van der Waals surface area contributed by atoms with Crippen LogP contribution in [0.1, 0.15) is 22.3 Å². The van der Waals surface area contributed by atoms with Gasteiger partial charge in [0.15, 0.2) is 5.78 Å². The summed E-state index contributed by atoms with van der Waals surface area (Å²) in [4.78, 5) is 17.0. The van der Waals surface area contributed by atoms with E-state index in [1.807, 2.05) is 29.6 Å². The number of fused-ring (bicyclic) bond motifs is 1. The predicted molar refractivity (Wildman–Crippen MR) is 111 cm³/mol. The Hall–Kier alpha value is -2.38. The summed E-state index contributed by atoms with van der Waals surface area (Å²) < 4.78 is 39.2. The summed E-state index contributed by atoms with van der Waals surface area (Å²) in [5, 5.41) is 2.96. The average Bonchev–Trinajstić information content (AvgIpc) is 3.16. The number of hydrogen-bond donors (Lipinski definition) is 0. The molecule has 0 spiro atoms. The van der Waals surface area contributed by atoms with Crippen molar-refractivity contribution >= 4 is 32.9 Å². The van der Waals surface area contributed by atoms with Gasteiger partial charge in [-0.05, 0) is 30.3 Å². The molecule has 2 aromatic carbocycles. The van der Waals surface area contributed by atoms with Crippen LogP contribution in [0.2, 0.25) is 0 Å². The van der Waals surface area contributed by atoms with Crippen LogP contribution in [0.25, 0.3) is 10.1 Å². The van der Waals surface area contributed by atoms with E-state index in [4.69, 9.17) is 0 Å². The smallest absolute Gasteiger partial charge is 0.369 e. The Labute approximate surface area is 171 Å². The normalized spacial score (nSPS) is 15.8. The van der Waals surface area contributed by atoms with E-state index in [-0.39, 0.29) is 5.78 Å². The maximum atomic E-state index is 12.7. The summed E-state index contributed by atoms with van der Waals surface area (Å²) in [7, 11) is 0. The third-order valence-corrected chi connectivity index (χ3v) is 6.33. The summed E-state index contributed by atoms with van der Waals surface area (Å²) in [5.41, 5.74) is 0.979. The summed E-state index contributed by atoms with van der Waals surface area (Å²) in [6.07, 6.45) is -3.83. The molecule has 152 valence electrons.